The molecule has 1 aromatic carbocycles. The number of amides is 1. The van der Waals surface area contributed by atoms with Gasteiger partial charge in [0.1, 0.15) is 13.7 Å². The second-order valence-electron chi connectivity index (χ2n) is 4.16. The molecule has 70 valence electrons. The Morgan fingerprint density at radius 3 is 2.79 bits per heavy atom. The molecule has 1 aliphatic heterocycles. The van der Waals surface area contributed by atoms with E-state index in [0.29, 0.717) is 16.7 Å². The van der Waals surface area contributed by atoms with Gasteiger partial charge in [0, 0.05) is 11.3 Å². The predicted octanol–water partition coefficient (Wildman–Crippen LogP) is 0.0678. The summed E-state index contributed by atoms with van der Waals surface area (Å²) < 4.78 is 13.8. The minimum atomic E-state index is -0.508. The summed E-state index contributed by atoms with van der Waals surface area (Å²) in [7, 11) is 1.73. The molecule has 1 aliphatic carbocycles. The molecular weight excluding hydrogens is 180 g/mol. The smallest absolute Gasteiger partial charge is 0.235 e. The van der Waals surface area contributed by atoms with Gasteiger partial charge >= 0.3 is 0 Å². The summed E-state index contributed by atoms with van der Waals surface area (Å²) in [6.07, 6.45) is 1.57. The first-order chi connectivity index (χ1) is 6.65. The highest BCUT2D eigenvalue weighted by molar-refractivity contribution is 6.33. The third-order valence-corrected chi connectivity index (χ3v) is 3.25. The zero-order valence-electron chi connectivity index (χ0n) is 7.86. The average Bonchev–Trinajstić information content (AvgIpc) is 2.87. The molecule has 0 saturated heterocycles. The molecule has 0 radical (unpaired) electrons. The van der Waals surface area contributed by atoms with E-state index in [9.17, 15) is 9.18 Å². The van der Waals surface area contributed by atoms with Gasteiger partial charge in [-0.25, -0.2) is 4.39 Å². The van der Waals surface area contributed by atoms with Crippen molar-refractivity contribution in [2.75, 3.05) is 5.32 Å². The minimum absolute atomic E-state index is 0.0306. The van der Waals surface area contributed by atoms with E-state index in [2.05, 4.69) is 5.32 Å². The molecule has 14 heavy (non-hydrogen) atoms. The molecule has 1 amide bonds. The van der Waals surface area contributed by atoms with Gasteiger partial charge in [0.05, 0.1) is 5.41 Å². The second kappa shape index (κ2) is 2.19. The van der Waals surface area contributed by atoms with E-state index >= 15 is 0 Å². The highest BCUT2D eigenvalue weighted by Gasteiger charge is 2.57. The van der Waals surface area contributed by atoms with Gasteiger partial charge in [-0.3, -0.25) is 4.79 Å². The lowest BCUT2D eigenvalue weighted by atomic mass is 9.88. The fourth-order valence-corrected chi connectivity index (χ4v) is 2.21. The Bertz CT molecular complexity index is 454. The molecule has 4 heteroatoms. The first kappa shape index (κ1) is 8.03. The molecule has 2 nitrogen and oxygen atoms in total. The van der Waals surface area contributed by atoms with E-state index in [4.69, 9.17) is 0 Å². The number of anilines is 1. The van der Waals surface area contributed by atoms with Crippen LogP contribution >= 0.6 is 0 Å². The zero-order valence-corrected chi connectivity index (χ0v) is 7.86. The molecule has 1 saturated carbocycles. The van der Waals surface area contributed by atoms with Crippen LogP contribution in [0.5, 0.6) is 0 Å². The summed E-state index contributed by atoms with van der Waals surface area (Å²) in [5, 5.41) is 2.74. The van der Waals surface area contributed by atoms with Crippen molar-refractivity contribution in [3.05, 3.63) is 23.5 Å². The Kier molecular flexibility index (Phi) is 1.26. The summed E-state index contributed by atoms with van der Waals surface area (Å²) in [5.74, 6) is -0.240. The van der Waals surface area contributed by atoms with Gasteiger partial charge in [0.2, 0.25) is 5.91 Å². The SMILES string of the molecule is Bc1ccc2c(c1F)C1(CC1)C(=O)N2. The van der Waals surface area contributed by atoms with Crippen molar-refractivity contribution in [2.45, 2.75) is 18.3 Å². The standard InChI is InChI=1S/C10H9BFNO/c11-5-1-2-6-7(8(5)12)10(3-4-10)9(14)13-6/h1-2H,3-4,11H2,(H,13,14). The number of carbonyl (C=O) groups is 1. The number of rotatable bonds is 0. The van der Waals surface area contributed by atoms with Crippen molar-refractivity contribution in [3.63, 3.8) is 0 Å². The number of halogens is 1. The van der Waals surface area contributed by atoms with Gasteiger partial charge in [-0.2, -0.15) is 0 Å². The van der Waals surface area contributed by atoms with Gasteiger partial charge < -0.3 is 5.32 Å². The van der Waals surface area contributed by atoms with Crippen molar-refractivity contribution in [1.29, 1.82) is 0 Å². The first-order valence-corrected chi connectivity index (χ1v) is 4.76. The number of hydrogen-bond donors (Lipinski definition) is 1. The van der Waals surface area contributed by atoms with E-state index in [0.717, 1.165) is 12.8 Å². The van der Waals surface area contributed by atoms with Crippen LogP contribution in [0.2, 0.25) is 0 Å². The van der Waals surface area contributed by atoms with Crippen LogP contribution in [0.1, 0.15) is 18.4 Å². The van der Waals surface area contributed by atoms with Gasteiger partial charge in [-0.05, 0) is 18.9 Å². The van der Waals surface area contributed by atoms with Crippen LogP contribution < -0.4 is 10.8 Å². The molecule has 1 aromatic rings. The Balaban J connectivity index is 2.31. The Morgan fingerprint density at radius 2 is 2.14 bits per heavy atom. The van der Waals surface area contributed by atoms with Crippen molar-refractivity contribution in [3.8, 4) is 0 Å². The molecule has 0 atom stereocenters. The van der Waals surface area contributed by atoms with Gasteiger partial charge in [0.15, 0.2) is 0 Å². The molecule has 3 rings (SSSR count). The van der Waals surface area contributed by atoms with Crippen molar-refractivity contribution in [2.24, 2.45) is 0 Å². The third kappa shape index (κ3) is 0.745. The van der Waals surface area contributed by atoms with Crippen LogP contribution in [0.15, 0.2) is 12.1 Å². The summed E-state index contributed by atoms with van der Waals surface area (Å²) in [4.78, 5) is 11.6. The van der Waals surface area contributed by atoms with Gasteiger partial charge in [0.25, 0.3) is 0 Å². The lowest BCUT2D eigenvalue weighted by molar-refractivity contribution is -0.117. The maximum absolute atomic E-state index is 13.8. The van der Waals surface area contributed by atoms with Gasteiger partial charge in [-0.15, -0.1) is 0 Å². The summed E-state index contributed by atoms with van der Waals surface area (Å²) in [6, 6.07) is 3.49. The molecular formula is C10H9BFNO. The van der Waals surface area contributed by atoms with E-state index < -0.39 is 5.41 Å². The maximum atomic E-state index is 13.8. The molecule has 0 bridgehead atoms. The number of nitrogens with one attached hydrogen (secondary N) is 1. The van der Waals surface area contributed by atoms with Crippen molar-refractivity contribution >= 4 is 24.9 Å². The van der Waals surface area contributed by atoms with E-state index in [1.54, 1.807) is 20.0 Å². The molecule has 0 unspecified atom stereocenters. The lowest BCUT2D eigenvalue weighted by Crippen LogP contribution is -2.21. The molecule has 1 N–H and O–H groups in total. The van der Waals surface area contributed by atoms with Crippen molar-refractivity contribution < 1.29 is 9.18 Å². The van der Waals surface area contributed by atoms with E-state index in [-0.39, 0.29) is 11.7 Å². The predicted molar refractivity (Wildman–Crippen MR) is 54.1 cm³/mol. The third-order valence-electron chi connectivity index (χ3n) is 3.25. The first-order valence-electron chi connectivity index (χ1n) is 4.76. The minimum Gasteiger partial charge on any atom is -0.325 e. The number of hydrogen-bond acceptors (Lipinski definition) is 1. The number of fused-ring (bicyclic) bond motifs is 2. The van der Waals surface area contributed by atoms with Crippen LogP contribution in [0.3, 0.4) is 0 Å². The van der Waals surface area contributed by atoms with Crippen LogP contribution in [-0.4, -0.2) is 13.8 Å². The van der Waals surface area contributed by atoms with Crippen LogP contribution in [0.4, 0.5) is 10.1 Å². The van der Waals surface area contributed by atoms with Crippen LogP contribution in [0, 0.1) is 5.82 Å². The van der Waals surface area contributed by atoms with Crippen LogP contribution in [-0.2, 0) is 10.2 Å². The monoisotopic (exact) mass is 189 g/mol. The molecule has 1 heterocycles. The topological polar surface area (TPSA) is 29.1 Å². The zero-order chi connectivity index (χ0) is 9.92. The van der Waals surface area contributed by atoms with Gasteiger partial charge in [-0.1, -0.05) is 11.5 Å². The Labute approximate surface area is 81.9 Å². The molecule has 1 fully saturated rings. The van der Waals surface area contributed by atoms with E-state index in [1.807, 2.05) is 0 Å². The second-order valence-corrected chi connectivity index (χ2v) is 4.16. The quantitative estimate of drug-likeness (QED) is 0.574. The maximum Gasteiger partial charge on any atom is 0.235 e. The highest BCUT2D eigenvalue weighted by atomic mass is 19.1. The largest absolute Gasteiger partial charge is 0.325 e. The Hall–Kier alpha value is -1.32. The molecule has 2 aliphatic rings. The lowest BCUT2D eigenvalue weighted by Gasteiger charge is -2.07. The van der Waals surface area contributed by atoms with Crippen LogP contribution in [0.25, 0.3) is 0 Å². The fourth-order valence-electron chi connectivity index (χ4n) is 2.21. The van der Waals surface area contributed by atoms with Crippen molar-refractivity contribution in [1.82, 2.24) is 0 Å². The number of benzene rings is 1. The van der Waals surface area contributed by atoms with E-state index in [1.165, 1.54) is 0 Å². The molecule has 0 aromatic heterocycles. The summed E-state index contributed by atoms with van der Waals surface area (Å²) >= 11 is 0. The Morgan fingerprint density at radius 1 is 1.43 bits per heavy atom. The summed E-state index contributed by atoms with van der Waals surface area (Å²) in [5.41, 5.74) is 1.37. The summed E-state index contributed by atoms with van der Waals surface area (Å²) in [6.45, 7) is 0. The normalized spacial score (nSPS) is 20.8. The highest BCUT2D eigenvalue weighted by Crippen LogP contribution is 2.55. The average molecular weight is 189 g/mol. The fraction of sp³-hybridized carbons (Fsp3) is 0.300. The molecule has 1 spiro atoms. The number of carbonyl (C=O) groups excluding carboxylic acids is 1.